The van der Waals surface area contributed by atoms with Crippen LogP contribution in [0.5, 0.6) is 11.9 Å². The topological polar surface area (TPSA) is 111 Å². The van der Waals surface area contributed by atoms with Gasteiger partial charge in [-0.1, -0.05) is 37.6 Å². The van der Waals surface area contributed by atoms with E-state index < -0.39 is 0 Å². The summed E-state index contributed by atoms with van der Waals surface area (Å²) in [6.45, 7) is 10.3. The molecular formula is C21H30N6O2. The van der Waals surface area contributed by atoms with Crippen molar-refractivity contribution >= 4 is 17.1 Å². The number of nitrogens with one attached hydrogen (secondary N) is 1. The first-order valence-corrected chi connectivity index (χ1v) is 9.95. The molecule has 0 spiro atoms. The second kappa shape index (κ2) is 8.65. The van der Waals surface area contributed by atoms with E-state index in [1.807, 2.05) is 12.1 Å². The third-order valence-corrected chi connectivity index (χ3v) is 4.49. The van der Waals surface area contributed by atoms with Gasteiger partial charge in [0.1, 0.15) is 0 Å². The van der Waals surface area contributed by atoms with E-state index in [1.54, 1.807) is 4.57 Å². The van der Waals surface area contributed by atoms with E-state index in [9.17, 15) is 5.11 Å². The Kier molecular flexibility index (Phi) is 6.22. The number of hydrogen-bond acceptors (Lipinski definition) is 7. The predicted molar refractivity (Wildman–Crippen MR) is 114 cm³/mol. The van der Waals surface area contributed by atoms with Crippen LogP contribution in [0.3, 0.4) is 0 Å². The number of fused-ring (bicyclic) bond motifs is 1. The average molecular weight is 399 g/mol. The Hall–Kier alpha value is -2.87. The maximum atomic E-state index is 10.4. The molecule has 0 saturated carbocycles. The highest BCUT2D eigenvalue weighted by molar-refractivity contribution is 5.79. The number of aromatic nitrogens is 4. The zero-order valence-corrected chi connectivity index (χ0v) is 17.6. The Morgan fingerprint density at radius 3 is 2.45 bits per heavy atom. The first-order chi connectivity index (χ1) is 13.8. The lowest BCUT2D eigenvalue weighted by molar-refractivity contribution is 0.300. The Morgan fingerprint density at radius 2 is 1.79 bits per heavy atom. The smallest absolute Gasteiger partial charge is 0.296 e. The van der Waals surface area contributed by atoms with Gasteiger partial charge in [-0.2, -0.15) is 15.0 Å². The number of nitrogen functional groups attached to an aromatic ring is 1. The highest BCUT2D eigenvalue weighted by Gasteiger charge is 2.19. The summed E-state index contributed by atoms with van der Waals surface area (Å²) in [5.41, 5.74) is 8.94. The summed E-state index contributed by atoms with van der Waals surface area (Å²) in [5.74, 6) is 0.420. The van der Waals surface area contributed by atoms with Gasteiger partial charge in [-0.25, -0.2) is 0 Å². The molecule has 29 heavy (non-hydrogen) atoms. The lowest BCUT2D eigenvalue weighted by atomic mass is 10.1. The molecule has 8 nitrogen and oxygen atoms in total. The monoisotopic (exact) mass is 398 g/mol. The molecule has 0 fully saturated rings. The van der Waals surface area contributed by atoms with Crippen molar-refractivity contribution in [2.75, 3.05) is 12.3 Å². The molecule has 156 valence electrons. The van der Waals surface area contributed by atoms with Gasteiger partial charge in [-0.3, -0.25) is 4.57 Å². The number of unbranched alkanes of at least 4 members (excludes halogenated alkanes) is 1. The number of ether oxygens (including phenoxy) is 1. The van der Waals surface area contributed by atoms with Crippen molar-refractivity contribution in [3.8, 4) is 11.9 Å². The number of anilines is 1. The zero-order chi connectivity index (χ0) is 21.0. The van der Waals surface area contributed by atoms with Crippen molar-refractivity contribution in [3.63, 3.8) is 0 Å². The van der Waals surface area contributed by atoms with Gasteiger partial charge in [0.05, 0.1) is 13.2 Å². The number of benzene rings is 1. The lowest BCUT2D eigenvalue weighted by Crippen LogP contribution is -2.35. The van der Waals surface area contributed by atoms with Crippen LogP contribution in [0.1, 0.15) is 51.7 Å². The Labute approximate surface area is 171 Å². The largest absolute Gasteiger partial charge is 0.480 e. The van der Waals surface area contributed by atoms with Crippen LogP contribution in [0.25, 0.3) is 11.2 Å². The maximum Gasteiger partial charge on any atom is 0.296 e. The highest BCUT2D eigenvalue weighted by atomic mass is 16.5. The molecule has 0 unspecified atom stereocenters. The van der Waals surface area contributed by atoms with E-state index in [0.29, 0.717) is 30.2 Å². The number of hydrogen-bond donors (Lipinski definition) is 3. The molecule has 1 aromatic carbocycles. The minimum absolute atomic E-state index is 0.0657. The van der Waals surface area contributed by atoms with Crippen LogP contribution < -0.4 is 15.8 Å². The molecular weight excluding hydrogens is 368 g/mol. The van der Waals surface area contributed by atoms with E-state index in [0.717, 1.165) is 24.9 Å². The number of nitrogens with two attached hydrogens (primary N) is 1. The van der Waals surface area contributed by atoms with E-state index in [2.05, 4.69) is 60.1 Å². The van der Waals surface area contributed by atoms with Gasteiger partial charge < -0.3 is 20.9 Å². The standard InChI is InChI=1S/C21H30N6O2/c1-5-6-11-29-18-16-17(24-19(22)26-18)25-20(28)27(16)13-15-9-7-14(8-10-15)12-23-21(2,3)4/h7-10,23H,5-6,11-13H2,1-4H3,(H3,22,24,25,26,28). The van der Waals surface area contributed by atoms with Crippen LogP contribution in [0.2, 0.25) is 0 Å². The van der Waals surface area contributed by atoms with Gasteiger partial charge in [-0.05, 0) is 38.3 Å². The fourth-order valence-electron chi connectivity index (χ4n) is 2.88. The van der Waals surface area contributed by atoms with Crippen LogP contribution in [-0.2, 0) is 13.1 Å². The molecule has 2 heterocycles. The zero-order valence-electron chi connectivity index (χ0n) is 17.6. The molecule has 0 bridgehead atoms. The molecule has 0 amide bonds. The minimum atomic E-state index is -0.140. The summed E-state index contributed by atoms with van der Waals surface area (Å²) in [5, 5.41) is 13.9. The average Bonchev–Trinajstić information content (AvgIpc) is 2.95. The highest BCUT2D eigenvalue weighted by Crippen LogP contribution is 2.28. The van der Waals surface area contributed by atoms with Crippen molar-refractivity contribution in [1.29, 1.82) is 0 Å². The van der Waals surface area contributed by atoms with Crippen LogP contribution in [0.4, 0.5) is 5.95 Å². The molecule has 0 aliphatic carbocycles. The molecule has 2 aromatic heterocycles. The lowest BCUT2D eigenvalue weighted by Gasteiger charge is -2.20. The first kappa shape index (κ1) is 20.9. The molecule has 0 aliphatic rings. The minimum Gasteiger partial charge on any atom is -0.480 e. The van der Waals surface area contributed by atoms with E-state index in [4.69, 9.17) is 10.5 Å². The van der Waals surface area contributed by atoms with Crippen molar-refractivity contribution in [2.24, 2.45) is 0 Å². The van der Waals surface area contributed by atoms with E-state index >= 15 is 0 Å². The second-order valence-corrected chi connectivity index (χ2v) is 8.18. The van der Waals surface area contributed by atoms with Gasteiger partial charge in [0.25, 0.3) is 6.01 Å². The summed E-state index contributed by atoms with van der Waals surface area (Å²) in [4.78, 5) is 12.5. The first-order valence-electron chi connectivity index (χ1n) is 9.95. The third kappa shape index (κ3) is 5.35. The van der Waals surface area contributed by atoms with Crippen LogP contribution in [-0.4, -0.2) is 36.8 Å². The van der Waals surface area contributed by atoms with Crippen LogP contribution in [0.15, 0.2) is 24.3 Å². The molecule has 0 radical (unpaired) electrons. The summed E-state index contributed by atoms with van der Waals surface area (Å²) in [6, 6.07) is 8.11. The van der Waals surface area contributed by atoms with Gasteiger partial charge in [0, 0.05) is 12.1 Å². The molecule has 3 rings (SSSR count). The molecule has 8 heteroatoms. The molecule has 0 saturated heterocycles. The molecule has 3 aromatic rings. The summed E-state index contributed by atoms with van der Waals surface area (Å²) in [6.07, 6.45) is 1.90. The summed E-state index contributed by atoms with van der Waals surface area (Å²) < 4.78 is 7.46. The van der Waals surface area contributed by atoms with Gasteiger partial charge in [0.15, 0.2) is 11.2 Å². The van der Waals surface area contributed by atoms with Gasteiger partial charge in [0.2, 0.25) is 11.8 Å². The van der Waals surface area contributed by atoms with Crippen molar-refractivity contribution in [1.82, 2.24) is 24.8 Å². The maximum absolute atomic E-state index is 10.4. The van der Waals surface area contributed by atoms with Crippen molar-refractivity contribution in [3.05, 3.63) is 35.4 Å². The second-order valence-electron chi connectivity index (χ2n) is 8.18. The number of nitrogens with zero attached hydrogens (tertiary/aromatic N) is 4. The van der Waals surface area contributed by atoms with Gasteiger partial charge >= 0.3 is 0 Å². The number of rotatable bonds is 8. The Morgan fingerprint density at radius 1 is 1.10 bits per heavy atom. The molecule has 4 N–H and O–H groups in total. The Balaban J connectivity index is 1.85. The Bertz CT molecular complexity index is 960. The van der Waals surface area contributed by atoms with Crippen molar-refractivity contribution < 1.29 is 9.84 Å². The third-order valence-electron chi connectivity index (χ3n) is 4.49. The van der Waals surface area contributed by atoms with Gasteiger partial charge in [-0.15, -0.1) is 0 Å². The fourth-order valence-corrected chi connectivity index (χ4v) is 2.88. The summed E-state index contributed by atoms with van der Waals surface area (Å²) in [7, 11) is 0. The number of aromatic hydroxyl groups is 1. The quantitative estimate of drug-likeness (QED) is 0.500. The molecule has 0 aliphatic heterocycles. The molecule has 0 atom stereocenters. The SMILES string of the molecule is CCCCOc1nc(N)nc2nc(O)n(Cc3ccc(CNC(C)(C)C)cc3)c12. The van der Waals surface area contributed by atoms with Crippen LogP contribution >= 0.6 is 0 Å². The van der Waals surface area contributed by atoms with Crippen molar-refractivity contribution in [2.45, 2.75) is 59.2 Å². The fraction of sp³-hybridized carbons (Fsp3) is 0.476. The normalized spacial score (nSPS) is 11.9. The summed E-state index contributed by atoms with van der Waals surface area (Å²) >= 11 is 0. The predicted octanol–water partition coefficient (Wildman–Crippen LogP) is 3.23. The van der Waals surface area contributed by atoms with Crippen LogP contribution in [0, 0.1) is 0 Å². The number of imidazole rings is 1. The van der Waals surface area contributed by atoms with E-state index in [1.165, 1.54) is 5.56 Å². The van der Waals surface area contributed by atoms with E-state index in [-0.39, 0.29) is 17.5 Å².